The minimum Gasteiger partial charge on any atom is -0.457 e. The van der Waals surface area contributed by atoms with E-state index in [9.17, 15) is 4.79 Å². The molecular formula is C13H17NO2. The fraction of sp³-hybridized carbons (Fsp3) is 0.308. The summed E-state index contributed by atoms with van der Waals surface area (Å²) in [6, 6.07) is 7.74. The number of carbonyl (C=O) groups is 1. The van der Waals surface area contributed by atoms with Crippen molar-refractivity contribution in [1.82, 2.24) is 0 Å². The van der Waals surface area contributed by atoms with Gasteiger partial charge in [0, 0.05) is 19.9 Å². The average molecular weight is 219 g/mol. The maximum Gasteiger partial charge on any atom is 0.303 e. The number of rotatable bonds is 5. The van der Waals surface area contributed by atoms with Crippen molar-refractivity contribution < 1.29 is 9.53 Å². The van der Waals surface area contributed by atoms with Crippen molar-refractivity contribution >= 4 is 5.97 Å². The van der Waals surface area contributed by atoms with E-state index in [0.717, 1.165) is 11.1 Å². The topological polar surface area (TPSA) is 52.3 Å². The first-order chi connectivity index (χ1) is 7.67. The van der Waals surface area contributed by atoms with Crippen LogP contribution in [0.3, 0.4) is 0 Å². The molecule has 86 valence electrons. The molecule has 1 rings (SSSR count). The lowest BCUT2D eigenvalue weighted by Crippen LogP contribution is -2.08. The molecule has 1 aromatic carbocycles. The first-order valence-electron chi connectivity index (χ1n) is 5.24. The zero-order valence-corrected chi connectivity index (χ0v) is 9.48. The number of hydrogen-bond donors (Lipinski definition) is 1. The van der Waals surface area contributed by atoms with Gasteiger partial charge in [0.2, 0.25) is 0 Å². The summed E-state index contributed by atoms with van der Waals surface area (Å²) in [6.07, 6.45) is 2.10. The molecule has 1 atom stereocenters. The zero-order valence-electron chi connectivity index (χ0n) is 9.48. The van der Waals surface area contributed by atoms with E-state index < -0.39 is 0 Å². The molecule has 3 heteroatoms. The van der Waals surface area contributed by atoms with Crippen molar-refractivity contribution in [3.05, 3.63) is 48.0 Å². The van der Waals surface area contributed by atoms with Gasteiger partial charge in [0.05, 0.1) is 0 Å². The van der Waals surface area contributed by atoms with E-state index in [1.807, 2.05) is 24.3 Å². The number of carbonyl (C=O) groups excluding carboxylic acids is 1. The summed E-state index contributed by atoms with van der Waals surface area (Å²) in [6.45, 7) is 5.58. The second-order valence-corrected chi connectivity index (χ2v) is 3.57. The lowest BCUT2D eigenvalue weighted by atomic mass is 10.0. The smallest absolute Gasteiger partial charge is 0.303 e. The molecule has 0 bridgehead atoms. The third kappa shape index (κ3) is 3.51. The van der Waals surface area contributed by atoms with Crippen molar-refractivity contribution in [3.63, 3.8) is 0 Å². The normalized spacial score (nSPS) is 11.9. The largest absolute Gasteiger partial charge is 0.457 e. The molecule has 1 aromatic rings. The quantitative estimate of drug-likeness (QED) is 0.610. The van der Waals surface area contributed by atoms with E-state index in [2.05, 4.69) is 6.58 Å². The van der Waals surface area contributed by atoms with E-state index in [-0.39, 0.29) is 12.1 Å². The van der Waals surface area contributed by atoms with Gasteiger partial charge in [-0.1, -0.05) is 30.3 Å². The molecule has 2 N–H and O–H groups in total. The first-order valence-corrected chi connectivity index (χ1v) is 5.24. The molecule has 0 radical (unpaired) electrons. The van der Waals surface area contributed by atoms with Crippen LogP contribution in [0.4, 0.5) is 0 Å². The number of benzene rings is 1. The van der Waals surface area contributed by atoms with Crippen molar-refractivity contribution in [2.24, 2.45) is 5.73 Å². The summed E-state index contributed by atoms with van der Waals surface area (Å²) >= 11 is 0. The Balaban J connectivity index is 2.82. The second-order valence-electron chi connectivity index (χ2n) is 3.57. The lowest BCUT2D eigenvalue weighted by molar-refractivity contribution is -0.146. The SMILES string of the molecule is C=CC[C@@H](OC(C)=O)c1ccc(CN)cc1. The average Bonchev–Trinajstić information content (AvgIpc) is 2.28. The summed E-state index contributed by atoms with van der Waals surface area (Å²) in [7, 11) is 0. The molecule has 0 aromatic heterocycles. The Morgan fingerprint density at radius 1 is 1.50 bits per heavy atom. The van der Waals surface area contributed by atoms with Crippen LogP contribution in [0.1, 0.15) is 30.6 Å². The second kappa shape index (κ2) is 6.08. The van der Waals surface area contributed by atoms with Gasteiger partial charge in [-0.05, 0) is 11.1 Å². The molecule has 0 aliphatic rings. The number of esters is 1. The lowest BCUT2D eigenvalue weighted by Gasteiger charge is -2.15. The van der Waals surface area contributed by atoms with Crippen LogP contribution in [0.2, 0.25) is 0 Å². The molecular weight excluding hydrogens is 202 g/mol. The van der Waals surface area contributed by atoms with Gasteiger partial charge in [-0.15, -0.1) is 6.58 Å². The Morgan fingerprint density at radius 3 is 2.56 bits per heavy atom. The van der Waals surface area contributed by atoms with Crippen molar-refractivity contribution in [1.29, 1.82) is 0 Å². The van der Waals surface area contributed by atoms with E-state index >= 15 is 0 Å². The molecule has 0 aliphatic heterocycles. The van der Waals surface area contributed by atoms with E-state index in [1.54, 1.807) is 6.08 Å². The minimum absolute atomic E-state index is 0.248. The van der Waals surface area contributed by atoms with Gasteiger partial charge in [0.25, 0.3) is 0 Å². The Labute approximate surface area is 95.9 Å². The van der Waals surface area contributed by atoms with Gasteiger partial charge in [0.1, 0.15) is 6.10 Å². The van der Waals surface area contributed by atoms with Crippen LogP contribution in [0.5, 0.6) is 0 Å². The van der Waals surface area contributed by atoms with Crippen molar-refractivity contribution in [3.8, 4) is 0 Å². The van der Waals surface area contributed by atoms with Crippen LogP contribution < -0.4 is 5.73 Å². The Morgan fingerprint density at radius 2 is 2.12 bits per heavy atom. The predicted molar refractivity (Wildman–Crippen MR) is 63.7 cm³/mol. The first kappa shape index (κ1) is 12.5. The third-order valence-corrected chi connectivity index (χ3v) is 2.28. The van der Waals surface area contributed by atoms with Crippen LogP contribution in [0, 0.1) is 0 Å². The highest BCUT2D eigenvalue weighted by Gasteiger charge is 2.12. The molecule has 3 nitrogen and oxygen atoms in total. The summed E-state index contributed by atoms with van der Waals surface area (Å²) < 4.78 is 5.21. The maximum atomic E-state index is 10.9. The summed E-state index contributed by atoms with van der Waals surface area (Å²) in [5, 5.41) is 0. The predicted octanol–water partition coefficient (Wildman–Crippen LogP) is 2.33. The molecule has 0 amide bonds. The molecule has 0 fully saturated rings. The van der Waals surface area contributed by atoms with E-state index in [4.69, 9.17) is 10.5 Å². The Hall–Kier alpha value is -1.61. The molecule has 0 aliphatic carbocycles. The van der Waals surface area contributed by atoms with E-state index in [0.29, 0.717) is 13.0 Å². The maximum absolute atomic E-state index is 10.9. The standard InChI is InChI=1S/C13H17NO2/c1-3-4-13(16-10(2)15)12-7-5-11(9-14)6-8-12/h3,5-8,13H,1,4,9,14H2,2H3/t13-/m1/s1. The molecule has 0 saturated carbocycles. The summed E-state index contributed by atoms with van der Waals surface area (Å²) in [5.74, 6) is -0.283. The molecule has 0 unspecified atom stereocenters. The number of ether oxygens (including phenoxy) is 1. The highest BCUT2D eigenvalue weighted by molar-refractivity contribution is 5.66. The summed E-state index contributed by atoms with van der Waals surface area (Å²) in [5.41, 5.74) is 7.54. The van der Waals surface area contributed by atoms with Crippen LogP contribution in [-0.4, -0.2) is 5.97 Å². The van der Waals surface area contributed by atoms with Gasteiger partial charge in [0.15, 0.2) is 0 Å². The van der Waals surface area contributed by atoms with Gasteiger partial charge in [-0.25, -0.2) is 0 Å². The monoisotopic (exact) mass is 219 g/mol. The highest BCUT2D eigenvalue weighted by atomic mass is 16.5. The molecule has 0 saturated heterocycles. The fourth-order valence-corrected chi connectivity index (χ4v) is 1.47. The number of nitrogens with two attached hydrogens (primary N) is 1. The van der Waals surface area contributed by atoms with Gasteiger partial charge in [-0.3, -0.25) is 4.79 Å². The van der Waals surface area contributed by atoms with Gasteiger partial charge in [-0.2, -0.15) is 0 Å². The Bertz CT molecular complexity index is 357. The van der Waals surface area contributed by atoms with Crippen molar-refractivity contribution in [2.45, 2.75) is 26.0 Å². The van der Waals surface area contributed by atoms with Gasteiger partial charge < -0.3 is 10.5 Å². The van der Waals surface area contributed by atoms with E-state index in [1.165, 1.54) is 6.92 Å². The molecule has 16 heavy (non-hydrogen) atoms. The summed E-state index contributed by atoms with van der Waals surface area (Å²) in [4.78, 5) is 10.9. The van der Waals surface area contributed by atoms with Crippen LogP contribution >= 0.6 is 0 Å². The van der Waals surface area contributed by atoms with Crippen LogP contribution in [0.15, 0.2) is 36.9 Å². The van der Waals surface area contributed by atoms with Crippen molar-refractivity contribution in [2.75, 3.05) is 0 Å². The highest BCUT2D eigenvalue weighted by Crippen LogP contribution is 2.22. The third-order valence-electron chi connectivity index (χ3n) is 2.28. The van der Waals surface area contributed by atoms with Crippen LogP contribution in [0.25, 0.3) is 0 Å². The van der Waals surface area contributed by atoms with Gasteiger partial charge >= 0.3 is 5.97 Å². The Kier molecular flexibility index (Phi) is 4.73. The fourth-order valence-electron chi connectivity index (χ4n) is 1.47. The number of hydrogen-bond acceptors (Lipinski definition) is 3. The molecule has 0 heterocycles. The minimum atomic E-state index is -0.283. The van der Waals surface area contributed by atoms with Crippen LogP contribution in [-0.2, 0) is 16.1 Å². The zero-order chi connectivity index (χ0) is 12.0. The molecule has 0 spiro atoms.